The molecule has 27 heteroatoms. The number of hydrogen-bond donors (Lipinski definition) is 18. The van der Waals surface area contributed by atoms with Crippen LogP contribution < -0.4 is 17.2 Å². The molecule has 0 aliphatic heterocycles. The van der Waals surface area contributed by atoms with Crippen LogP contribution in [0.2, 0.25) is 0 Å². The van der Waals surface area contributed by atoms with Gasteiger partial charge in [0.1, 0.15) is 24.2 Å². The van der Waals surface area contributed by atoms with Crippen molar-refractivity contribution in [3.8, 4) is 0 Å². The largest absolute Gasteiger partial charge is 0.481 e. The van der Waals surface area contributed by atoms with Crippen LogP contribution >= 0.6 is 0 Å². The molecule has 0 aliphatic rings. The lowest BCUT2D eigenvalue weighted by Gasteiger charge is -1.96. The summed E-state index contributed by atoms with van der Waals surface area (Å²) in [5.74, 6) is -9.99. The minimum Gasteiger partial charge on any atom is -0.481 e. The lowest BCUT2D eigenvalue weighted by atomic mass is 10.3. The van der Waals surface area contributed by atoms with Crippen LogP contribution in [0.5, 0.6) is 0 Å². The van der Waals surface area contributed by atoms with Gasteiger partial charge in [-0.05, 0) is 0 Å². The lowest BCUT2D eigenvalue weighted by Crippen LogP contribution is -2.33. The molecular formula is C24H47N3O24. The van der Waals surface area contributed by atoms with Gasteiger partial charge in [0.05, 0.1) is 71.6 Å². The lowest BCUT2D eigenvalue weighted by molar-refractivity contribution is -0.143. The topological polar surface area (TPSA) is 535 Å². The summed E-state index contributed by atoms with van der Waals surface area (Å²) in [6.07, 6.45) is -2.73. The average Bonchev–Trinajstić information content (AvgIpc) is 3.05. The summed E-state index contributed by atoms with van der Waals surface area (Å²) in [5, 5.41) is 119. The third-order valence-electron chi connectivity index (χ3n) is 3.62. The van der Waals surface area contributed by atoms with Gasteiger partial charge in [0, 0.05) is 0 Å². The summed E-state index contributed by atoms with van der Waals surface area (Å²) in [6.45, 7) is -2.24. The molecule has 0 heterocycles. The summed E-state index contributed by atoms with van der Waals surface area (Å²) >= 11 is 0. The standard InChI is InChI=1S/3C4H6O4.3C3H7NO3.C3H8O3/c3*5-3(6)1-2-4(7)8;3*4-2(1-5)3(6)7;4-1-3(6)2-5/h3*1-2H2,(H,5,6)(H,7,8);3*2,5H,1,4H2,(H,6,7);3-6H,1-2H2/t;;;3*2-;/m...000./s1. The Morgan fingerprint density at radius 2 is 0.471 bits per heavy atom. The van der Waals surface area contributed by atoms with E-state index in [0.29, 0.717) is 0 Å². The second kappa shape index (κ2) is 42.9. The van der Waals surface area contributed by atoms with Crippen LogP contribution in [0, 0.1) is 0 Å². The average molecular weight is 762 g/mol. The number of carboxylic acids is 9. The first kappa shape index (κ1) is 61.1. The van der Waals surface area contributed by atoms with E-state index in [9.17, 15) is 43.2 Å². The third-order valence-corrected chi connectivity index (χ3v) is 3.62. The molecule has 3 atom stereocenters. The molecule has 51 heavy (non-hydrogen) atoms. The van der Waals surface area contributed by atoms with Crippen molar-refractivity contribution < 1.29 is 120 Å². The molecular weight excluding hydrogens is 714 g/mol. The Labute approximate surface area is 287 Å². The first-order chi connectivity index (χ1) is 23.2. The monoisotopic (exact) mass is 761 g/mol. The van der Waals surface area contributed by atoms with E-state index in [4.69, 9.17) is 93.8 Å². The van der Waals surface area contributed by atoms with E-state index >= 15 is 0 Å². The number of rotatable bonds is 17. The Balaban J connectivity index is -0.0000000888. The highest BCUT2D eigenvalue weighted by atomic mass is 16.4. The van der Waals surface area contributed by atoms with E-state index in [-0.39, 0.29) is 51.7 Å². The van der Waals surface area contributed by atoms with Gasteiger partial charge in [-0.25, -0.2) is 0 Å². The van der Waals surface area contributed by atoms with E-state index in [0.717, 1.165) is 0 Å². The molecule has 0 bridgehead atoms. The van der Waals surface area contributed by atoms with Crippen molar-refractivity contribution in [2.24, 2.45) is 17.2 Å². The Kier molecular flexibility index (Phi) is 51.4. The summed E-state index contributed by atoms with van der Waals surface area (Å²) in [7, 11) is 0. The van der Waals surface area contributed by atoms with Crippen LogP contribution in [0.15, 0.2) is 0 Å². The SMILES string of the molecule is N[C@@H](CO)C(=O)O.N[C@@H](CO)C(=O)O.N[C@@H](CO)C(=O)O.O=C(O)CCC(=O)O.O=C(O)CCC(=O)O.O=C(O)CCC(=O)O.OCC(O)CO. The van der Waals surface area contributed by atoms with Crippen molar-refractivity contribution in [3.05, 3.63) is 0 Å². The van der Waals surface area contributed by atoms with Gasteiger partial charge in [0.2, 0.25) is 0 Å². The highest BCUT2D eigenvalue weighted by Gasteiger charge is 2.08. The van der Waals surface area contributed by atoms with Crippen LogP contribution in [0.25, 0.3) is 0 Å². The Morgan fingerprint density at radius 3 is 0.490 bits per heavy atom. The minimum absolute atomic E-state index is 0.296. The number of aliphatic hydroxyl groups excluding tert-OH is 6. The second-order valence-electron chi connectivity index (χ2n) is 8.26. The van der Waals surface area contributed by atoms with Crippen LogP contribution in [0.1, 0.15) is 38.5 Å². The van der Waals surface area contributed by atoms with E-state index in [1.807, 2.05) is 0 Å². The third kappa shape index (κ3) is 81.2. The molecule has 0 spiro atoms. The zero-order chi connectivity index (χ0) is 42.3. The molecule has 0 fully saturated rings. The van der Waals surface area contributed by atoms with E-state index < -0.39 is 97.8 Å². The smallest absolute Gasteiger partial charge is 0.322 e. The minimum atomic E-state index is -1.18. The first-order valence-electron chi connectivity index (χ1n) is 13.2. The van der Waals surface area contributed by atoms with E-state index in [1.54, 1.807) is 0 Å². The number of aliphatic hydroxyl groups is 6. The predicted octanol–water partition coefficient (Wildman–Crippen LogP) is -6.69. The van der Waals surface area contributed by atoms with Crippen molar-refractivity contribution in [2.45, 2.75) is 62.8 Å². The molecule has 0 unspecified atom stereocenters. The van der Waals surface area contributed by atoms with Gasteiger partial charge in [-0.3, -0.25) is 43.2 Å². The highest BCUT2D eigenvalue weighted by molar-refractivity contribution is 5.76. The summed E-state index contributed by atoms with van der Waals surface area (Å²) in [6, 6.07) is -3.38. The number of carbonyl (C=O) groups is 9. The van der Waals surface area contributed by atoms with Crippen molar-refractivity contribution in [2.75, 3.05) is 33.0 Å². The Morgan fingerprint density at radius 1 is 0.333 bits per heavy atom. The fraction of sp³-hybridized carbons (Fsp3) is 0.625. The van der Waals surface area contributed by atoms with Crippen LogP contribution in [0.3, 0.4) is 0 Å². The number of aliphatic carboxylic acids is 9. The number of nitrogens with two attached hydrogens (primary N) is 3. The molecule has 0 aromatic carbocycles. The Bertz CT molecular complexity index is 833. The maximum absolute atomic E-state index is 9.65. The zero-order valence-corrected chi connectivity index (χ0v) is 26.7. The number of hydrogen-bond acceptors (Lipinski definition) is 18. The molecule has 0 saturated carbocycles. The summed E-state index contributed by atoms with van der Waals surface area (Å²) < 4.78 is 0. The molecule has 27 nitrogen and oxygen atoms in total. The Hall–Kier alpha value is -5.13. The molecule has 0 aromatic heterocycles. The van der Waals surface area contributed by atoms with Crippen LogP contribution in [-0.4, -0.2) is 188 Å². The second-order valence-corrected chi connectivity index (χ2v) is 8.26. The normalized spacial score (nSPS) is 10.7. The zero-order valence-electron chi connectivity index (χ0n) is 26.7. The molecule has 21 N–H and O–H groups in total. The van der Waals surface area contributed by atoms with E-state index in [2.05, 4.69) is 0 Å². The first-order valence-corrected chi connectivity index (χ1v) is 13.2. The highest BCUT2D eigenvalue weighted by Crippen LogP contribution is 1.87. The molecule has 302 valence electrons. The predicted molar refractivity (Wildman–Crippen MR) is 162 cm³/mol. The van der Waals surface area contributed by atoms with Gasteiger partial charge in [-0.1, -0.05) is 0 Å². The molecule has 0 amide bonds. The quantitative estimate of drug-likeness (QED) is 0.0655. The van der Waals surface area contributed by atoms with Gasteiger partial charge in [0.25, 0.3) is 0 Å². The van der Waals surface area contributed by atoms with Gasteiger partial charge in [-0.15, -0.1) is 0 Å². The van der Waals surface area contributed by atoms with Gasteiger partial charge < -0.3 is 93.8 Å². The number of carboxylic acid groups (broad SMARTS) is 9. The molecule has 0 saturated heterocycles. The summed E-state index contributed by atoms with van der Waals surface area (Å²) in [4.78, 5) is 86.8. The van der Waals surface area contributed by atoms with E-state index in [1.165, 1.54) is 0 Å². The van der Waals surface area contributed by atoms with Gasteiger partial charge >= 0.3 is 53.7 Å². The fourth-order valence-corrected chi connectivity index (χ4v) is 0.934. The fourth-order valence-electron chi connectivity index (χ4n) is 0.934. The van der Waals surface area contributed by atoms with Crippen LogP contribution in [0.4, 0.5) is 0 Å². The maximum Gasteiger partial charge on any atom is 0.322 e. The van der Waals surface area contributed by atoms with Crippen molar-refractivity contribution in [1.29, 1.82) is 0 Å². The van der Waals surface area contributed by atoms with Gasteiger partial charge in [-0.2, -0.15) is 0 Å². The summed E-state index contributed by atoms with van der Waals surface area (Å²) in [5.41, 5.74) is 14.3. The van der Waals surface area contributed by atoms with Crippen molar-refractivity contribution in [1.82, 2.24) is 0 Å². The molecule has 0 aromatic rings. The maximum atomic E-state index is 9.65. The van der Waals surface area contributed by atoms with Crippen LogP contribution in [-0.2, 0) is 43.2 Å². The molecule has 0 aliphatic carbocycles. The molecule has 0 rings (SSSR count). The van der Waals surface area contributed by atoms with Crippen molar-refractivity contribution in [3.63, 3.8) is 0 Å². The van der Waals surface area contributed by atoms with Crippen molar-refractivity contribution >= 4 is 53.7 Å². The van der Waals surface area contributed by atoms with Gasteiger partial charge in [0.15, 0.2) is 0 Å². The molecule has 0 radical (unpaired) electrons.